The number of halogens is 3. The highest BCUT2D eigenvalue weighted by Gasteiger charge is 2.36. The number of ether oxygens (including phenoxy) is 1. The van der Waals surface area contributed by atoms with Crippen molar-refractivity contribution in [2.75, 3.05) is 38.3 Å². The fourth-order valence-electron chi connectivity index (χ4n) is 3.29. The molecule has 0 spiro atoms. The molecule has 10 heteroatoms. The van der Waals surface area contributed by atoms with Crippen molar-refractivity contribution < 1.29 is 22.7 Å². The molecule has 1 aliphatic rings. The van der Waals surface area contributed by atoms with E-state index in [1.807, 2.05) is 0 Å². The summed E-state index contributed by atoms with van der Waals surface area (Å²) in [6.07, 6.45) is -1.69. The lowest BCUT2D eigenvalue weighted by Crippen LogP contribution is -2.57. The summed E-state index contributed by atoms with van der Waals surface area (Å²) in [5.41, 5.74) is -1.07. The van der Waals surface area contributed by atoms with E-state index in [2.05, 4.69) is 9.97 Å². The van der Waals surface area contributed by atoms with Gasteiger partial charge in [0.25, 0.3) is 5.91 Å². The molecule has 1 atom stereocenters. The summed E-state index contributed by atoms with van der Waals surface area (Å²) in [5, 5.41) is 8.96. The lowest BCUT2D eigenvalue weighted by molar-refractivity contribution is -0.137. The van der Waals surface area contributed by atoms with E-state index in [1.54, 1.807) is 21.9 Å². The van der Waals surface area contributed by atoms with Crippen LogP contribution < -0.4 is 4.90 Å². The summed E-state index contributed by atoms with van der Waals surface area (Å²) >= 11 is 0. The number of hydrogen-bond donors (Lipinski definition) is 0. The minimum Gasteiger partial charge on any atom is -0.382 e. The standard InChI is InChI=1S/C19H18F3N5O2/c1-29-12-15-11-26(7-8-27(15)18(28)17-24-5-2-6-25-17)14-4-3-13(10-23)16(9-14)19(20,21)22/h2-6,9,15H,7-8,11-12H2,1H3. The van der Waals surface area contributed by atoms with Crippen LogP contribution in [0.4, 0.5) is 18.9 Å². The predicted octanol–water partition coefficient (Wildman–Crippen LogP) is 2.34. The van der Waals surface area contributed by atoms with Crippen LogP contribution in [0.5, 0.6) is 0 Å². The van der Waals surface area contributed by atoms with Gasteiger partial charge in [0.1, 0.15) is 0 Å². The van der Waals surface area contributed by atoms with Crippen molar-refractivity contribution >= 4 is 11.6 Å². The zero-order chi connectivity index (χ0) is 21.0. The number of anilines is 1. The van der Waals surface area contributed by atoms with E-state index in [1.165, 1.54) is 31.6 Å². The number of methoxy groups -OCH3 is 1. The average molecular weight is 405 g/mol. The minimum atomic E-state index is -4.63. The highest BCUT2D eigenvalue weighted by molar-refractivity contribution is 5.90. The first kappa shape index (κ1) is 20.5. The molecule has 0 bridgehead atoms. The number of alkyl halides is 3. The van der Waals surface area contributed by atoms with Crippen molar-refractivity contribution in [1.29, 1.82) is 5.26 Å². The van der Waals surface area contributed by atoms with Crippen molar-refractivity contribution in [3.63, 3.8) is 0 Å². The summed E-state index contributed by atoms with van der Waals surface area (Å²) in [6.45, 7) is 1.07. The lowest BCUT2D eigenvalue weighted by atomic mass is 10.0. The molecule has 1 aromatic heterocycles. The molecular formula is C19H18F3N5O2. The minimum absolute atomic E-state index is 0.0554. The molecule has 152 valence electrons. The summed E-state index contributed by atoms with van der Waals surface area (Å²) in [6, 6.07) is 6.40. The number of carbonyl (C=O) groups is 1. The zero-order valence-corrected chi connectivity index (χ0v) is 15.6. The van der Waals surface area contributed by atoms with Gasteiger partial charge in [-0.2, -0.15) is 18.4 Å². The number of benzene rings is 1. The van der Waals surface area contributed by atoms with Gasteiger partial charge in [0.2, 0.25) is 5.82 Å². The van der Waals surface area contributed by atoms with Crippen LogP contribution in [0.1, 0.15) is 21.7 Å². The Hall–Kier alpha value is -3.19. The number of aromatic nitrogens is 2. The molecule has 2 heterocycles. The molecule has 1 aliphatic heterocycles. The Balaban J connectivity index is 1.84. The van der Waals surface area contributed by atoms with Crippen LogP contribution in [0.15, 0.2) is 36.7 Å². The van der Waals surface area contributed by atoms with Gasteiger partial charge < -0.3 is 14.5 Å². The summed E-state index contributed by atoms with van der Waals surface area (Å²) in [5.74, 6) is -0.303. The van der Waals surface area contributed by atoms with E-state index in [9.17, 15) is 18.0 Å². The smallest absolute Gasteiger partial charge is 0.382 e. The molecule has 3 rings (SSSR count). The first-order valence-corrected chi connectivity index (χ1v) is 8.78. The first-order chi connectivity index (χ1) is 13.8. The maximum absolute atomic E-state index is 13.3. The van der Waals surface area contributed by atoms with Gasteiger partial charge in [-0.25, -0.2) is 9.97 Å². The van der Waals surface area contributed by atoms with Gasteiger partial charge in [0, 0.05) is 44.8 Å². The molecule has 0 N–H and O–H groups in total. The van der Waals surface area contributed by atoms with Crippen LogP contribution in [0.3, 0.4) is 0 Å². The molecule has 2 aromatic rings. The summed E-state index contributed by atoms with van der Waals surface area (Å²) in [4.78, 5) is 24.0. The molecule has 29 heavy (non-hydrogen) atoms. The molecule has 1 unspecified atom stereocenters. The fourth-order valence-corrected chi connectivity index (χ4v) is 3.29. The second kappa shape index (κ2) is 8.45. The summed E-state index contributed by atoms with van der Waals surface area (Å²) < 4.78 is 45.0. The first-order valence-electron chi connectivity index (χ1n) is 8.78. The topological polar surface area (TPSA) is 82.4 Å². The van der Waals surface area contributed by atoms with Gasteiger partial charge in [-0.1, -0.05) is 0 Å². The highest BCUT2D eigenvalue weighted by atomic mass is 19.4. The van der Waals surface area contributed by atoms with Gasteiger partial charge in [-0.15, -0.1) is 0 Å². The number of rotatable bonds is 4. The molecule has 1 saturated heterocycles. The Morgan fingerprint density at radius 3 is 2.66 bits per heavy atom. The Morgan fingerprint density at radius 2 is 2.03 bits per heavy atom. The lowest BCUT2D eigenvalue weighted by Gasteiger charge is -2.42. The van der Waals surface area contributed by atoms with Crippen LogP contribution in [0, 0.1) is 11.3 Å². The second-order valence-electron chi connectivity index (χ2n) is 6.47. The quantitative estimate of drug-likeness (QED) is 0.777. The normalized spacial score (nSPS) is 17.1. The Kier molecular flexibility index (Phi) is 5.98. The zero-order valence-electron chi connectivity index (χ0n) is 15.6. The third kappa shape index (κ3) is 4.46. The number of amides is 1. The van der Waals surface area contributed by atoms with Gasteiger partial charge >= 0.3 is 6.18 Å². The molecule has 0 radical (unpaired) electrons. The van der Waals surface area contributed by atoms with E-state index in [0.29, 0.717) is 12.2 Å². The van der Waals surface area contributed by atoms with Gasteiger partial charge in [0.15, 0.2) is 0 Å². The summed E-state index contributed by atoms with van der Waals surface area (Å²) in [7, 11) is 1.49. The van der Waals surface area contributed by atoms with E-state index in [4.69, 9.17) is 10.00 Å². The third-order valence-electron chi connectivity index (χ3n) is 4.65. The van der Waals surface area contributed by atoms with Crippen molar-refractivity contribution in [3.8, 4) is 6.07 Å². The molecule has 1 aromatic carbocycles. The van der Waals surface area contributed by atoms with Crippen molar-refractivity contribution in [3.05, 3.63) is 53.6 Å². The largest absolute Gasteiger partial charge is 0.417 e. The SMILES string of the molecule is COCC1CN(c2ccc(C#N)c(C(F)(F)F)c2)CCN1C(=O)c1ncccn1. The maximum atomic E-state index is 13.3. The highest BCUT2D eigenvalue weighted by Crippen LogP contribution is 2.35. The number of nitriles is 1. The monoisotopic (exact) mass is 405 g/mol. The molecule has 0 aliphatic carbocycles. The Morgan fingerprint density at radius 1 is 1.31 bits per heavy atom. The number of piperazine rings is 1. The molecule has 0 saturated carbocycles. The van der Waals surface area contributed by atoms with E-state index < -0.39 is 23.3 Å². The van der Waals surface area contributed by atoms with Crippen molar-refractivity contribution in [1.82, 2.24) is 14.9 Å². The predicted molar refractivity (Wildman–Crippen MR) is 97.1 cm³/mol. The van der Waals surface area contributed by atoms with Gasteiger partial charge in [-0.3, -0.25) is 4.79 Å². The number of carbonyl (C=O) groups excluding carboxylic acids is 1. The average Bonchev–Trinajstić information content (AvgIpc) is 2.73. The van der Waals surface area contributed by atoms with Crippen LogP contribution in [-0.4, -0.2) is 60.2 Å². The van der Waals surface area contributed by atoms with Crippen LogP contribution in [0.2, 0.25) is 0 Å². The van der Waals surface area contributed by atoms with Crippen molar-refractivity contribution in [2.45, 2.75) is 12.2 Å². The number of nitrogens with zero attached hydrogens (tertiary/aromatic N) is 5. The van der Waals surface area contributed by atoms with Crippen molar-refractivity contribution in [2.24, 2.45) is 0 Å². The van der Waals surface area contributed by atoms with Crippen LogP contribution in [-0.2, 0) is 10.9 Å². The van der Waals surface area contributed by atoms with E-state index >= 15 is 0 Å². The third-order valence-corrected chi connectivity index (χ3v) is 4.65. The van der Waals surface area contributed by atoms with Crippen LogP contribution in [0.25, 0.3) is 0 Å². The second-order valence-corrected chi connectivity index (χ2v) is 6.47. The maximum Gasteiger partial charge on any atom is 0.417 e. The fraction of sp³-hybridized carbons (Fsp3) is 0.368. The van der Waals surface area contributed by atoms with Gasteiger partial charge in [0.05, 0.1) is 29.8 Å². The Bertz CT molecular complexity index is 914. The molecule has 7 nitrogen and oxygen atoms in total. The van der Waals surface area contributed by atoms with Gasteiger partial charge in [-0.05, 0) is 24.3 Å². The molecular weight excluding hydrogens is 387 g/mol. The molecule has 1 amide bonds. The van der Waals surface area contributed by atoms with E-state index in [-0.39, 0.29) is 31.4 Å². The molecule has 1 fully saturated rings. The van der Waals surface area contributed by atoms with Crippen LogP contribution >= 0.6 is 0 Å². The van der Waals surface area contributed by atoms with E-state index in [0.717, 1.165) is 6.07 Å². The Labute approximate surface area is 165 Å². The number of hydrogen-bond acceptors (Lipinski definition) is 6.